The van der Waals surface area contributed by atoms with Crippen LogP contribution in [0.3, 0.4) is 0 Å². The highest BCUT2D eigenvalue weighted by Crippen LogP contribution is 2.27. The van der Waals surface area contributed by atoms with Gasteiger partial charge in [0.1, 0.15) is 0 Å². The highest BCUT2D eigenvalue weighted by Gasteiger charge is 2.41. The first-order chi connectivity index (χ1) is 6.31. The second-order valence-corrected chi connectivity index (χ2v) is 3.56. The zero-order valence-corrected chi connectivity index (χ0v) is 7.71. The van der Waals surface area contributed by atoms with Crippen LogP contribution in [0.5, 0.6) is 0 Å². The second kappa shape index (κ2) is 3.76. The number of rotatable bonds is 2. The SMILES string of the molecule is CC1C(C(=O)O)CCN1CC(F)(F)F. The van der Waals surface area contributed by atoms with Gasteiger partial charge in [0, 0.05) is 6.04 Å². The molecule has 1 saturated heterocycles. The molecule has 0 aliphatic carbocycles. The van der Waals surface area contributed by atoms with Crippen molar-refractivity contribution >= 4 is 5.97 Å². The molecule has 14 heavy (non-hydrogen) atoms. The number of carbonyl (C=O) groups is 1. The van der Waals surface area contributed by atoms with Gasteiger partial charge >= 0.3 is 12.1 Å². The van der Waals surface area contributed by atoms with E-state index in [2.05, 4.69) is 0 Å². The molecule has 1 heterocycles. The fourth-order valence-electron chi connectivity index (χ4n) is 1.79. The van der Waals surface area contributed by atoms with Gasteiger partial charge in [-0.1, -0.05) is 0 Å². The van der Waals surface area contributed by atoms with Gasteiger partial charge in [-0.2, -0.15) is 13.2 Å². The summed E-state index contributed by atoms with van der Waals surface area (Å²) in [7, 11) is 0. The van der Waals surface area contributed by atoms with E-state index in [1.165, 1.54) is 11.8 Å². The van der Waals surface area contributed by atoms with Crippen LogP contribution in [0.4, 0.5) is 13.2 Å². The van der Waals surface area contributed by atoms with E-state index in [4.69, 9.17) is 5.11 Å². The third-order valence-electron chi connectivity index (χ3n) is 2.59. The molecule has 0 aromatic rings. The molecule has 82 valence electrons. The number of nitrogens with zero attached hydrogens (tertiary/aromatic N) is 1. The average molecular weight is 211 g/mol. The van der Waals surface area contributed by atoms with E-state index in [0.29, 0.717) is 6.42 Å². The number of hydrogen-bond acceptors (Lipinski definition) is 2. The average Bonchev–Trinajstić information content (AvgIpc) is 2.29. The molecule has 0 saturated carbocycles. The van der Waals surface area contributed by atoms with E-state index >= 15 is 0 Å². The number of alkyl halides is 3. The Morgan fingerprint density at radius 3 is 2.50 bits per heavy atom. The van der Waals surface area contributed by atoms with E-state index in [-0.39, 0.29) is 6.54 Å². The van der Waals surface area contributed by atoms with Crippen molar-refractivity contribution in [2.45, 2.75) is 25.6 Å². The van der Waals surface area contributed by atoms with Crippen molar-refractivity contribution in [2.24, 2.45) is 5.92 Å². The lowest BCUT2D eigenvalue weighted by Gasteiger charge is -2.23. The summed E-state index contributed by atoms with van der Waals surface area (Å²) in [5.74, 6) is -1.68. The number of carboxylic acids is 1. The molecule has 0 spiro atoms. The Kier molecular flexibility index (Phi) is 3.04. The first-order valence-corrected chi connectivity index (χ1v) is 4.35. The first-order valence-electron chi connectivity index (χ1n) is 4.35. The van der Waals surface area contributed by atoms with E-state index in [0.717, 1.165) is 0 Å². The zero-order chi connectivity index (χ0) is 10.9. The fourth-order valence-corrected chi connectivity index (χ4v) is 1.79. The lowest BCUT2D eigenvalue weighted by molar-refractivity contribution is -0.152. The molecular weight excluding hydrogens is 199 g/mol. The van der Waals surface area contributed by atoms with Crippen molar-refractivity contribution in [3.8, 4) is 0 Å². The normalized spacial score (nSPS) is 29.4. The topological polar surface area (TPSA) is 40.5 Å². The third kappa shape index (κ3) is 2.60. The highest BCUT2D eigenvalue weighted by atomic mass is 19.4. The molecule has 0 radical (unpaired) electrons. The van der Waals surface area contributed by atoms with Gasteiger partial charge < -0.3 is 5.11 Å². The van der Waals surface area contributed by atoms with E-state index < -0.39 is 30.7 Å². The molecular formula is C8H12F3NO2. The van der Waals surface area contributed by atoms with Crippen LogP contribution in [0.1, 0.15) is 13.3 Å². The fraction of sp³-hybridized carbons (Fsp3) is 0.875. The Morgan fingerprint density at radius 1 is 1.57 bits per heavy atom. The largest absolute Gasteiger partial charge is 0.481 e. The van der Waals surface area contributed by atoms with Crippen LogP contribution in [-0.4, -0.2) is 41.3 Å². The van der Waals surface area contributed by atoms with E-state index in [9.17, 15) is 18.0 Å². The summed E-state index contributed by atoms with van der Waals surface area (Å²) in [5.41, 5.74) is 0. The van der Waals surface area contributed by atoms with Gasteiger partial charge in [0.2, 0.25) is 0 Å². The molecule has 0 amide bonds. The maximum atomic E-state index is 12.0. The predicted octanol–water partition coefficient (Wildman–Crippen LogP) is 1.34. The van der Waals surface area contributed by atoms with Gasteiger partial charge in [0.05, 0.1) is 12.5 Å². The molecule has 1 rings (SSSR count). The minimum atomic E-state index is -4.25. The highest BCUT2D eigenvalue weighted by molar-refractivity contribution is 5.71. The van der Waals surface area contributed by atoms with Crippen LogP contribution in [0, 0.1) is 5.92 Å². The standard InChI is InChI=1S/C8H12F3NO2/c1-5-6(7(13)14)2-3-12(5)4-8(9,10)11/h5-6H,2-4H2,1H3,(H,13,14). The number of halogens is 3. The van der Waals surface area contributed by atoms with Crippen molar-refractivity contribution in [1.29, 1.82) is 0 Å². The van der Waals surface area contributed by atoms with Crippen molar-refractivity contribution in [3.63, 3.8) is 0 Å². The maximum Gasteiger partial charge on any atom is 0.401 e. The van der Waals surface area contributed by atoms with Gasteiger partial charge in [-0.05, 0) is 19.9 Å². The molecule has 1 aliphatic heterocycles. The summed E-state index contributed by atoms with van der Waals surface area (Å²) in [5, 5.41) is 8.69. The van der Waals surface area contributed by atoms with Gasteiger partial charge in [0.15, 0.2) is 0 Å². The van der Waals surface area contributed by atoms with Crippen LogP contribution >= 0.6 is 0 Å². The molecule has 3 nitrogen and oxygen atoms in total. The molecule has 1 N–H and O–H groups in total. The van der Waals surface area contributed by atoms with Crippen LogP contribution < -0.4 is 0 Å². The monoisotopic (exact) mass is 211 g/mol. The van der Waals surface area contributed by atoms with Gasteiger partial charge in [-0.3, -0.25) is 9.69 Å². The Hall–Kier alpha value is -0.780. The lowest BCUT2D eigenvalue weighted by atomic mass is 10.0. The quantitative estimate of drug-likeness (QED) is 0.749. The minimum Gasteiger partial charge on any atom is -0.481 e. The summed E-state index contributed by atoms with van der Waals surface area (Å²) in [4.78, 5) is 11.8. The van der Waals surface area contributed by atoms with Gasteiger partial charge in [0.25, 0.3) is 0 Å². The lowest BCUT2D eigenvalue weighted by Crippen LogP contribution is -2.39. The molecule has 1 fully saturated rings. The van der Waals surface area contributed by atoms with Gasteiger partial charge in [-0.15, -0.1) is 0 Å². The summed E-state index contributed by atoms with van der Waals surface area (Å²) in [6.45, 7) is 0.715. The van der Waals surface area contributed by atoms with Crippen molar-refractivity contribution in [1.82, 2.24) is 4.90 Å². The molecule has 6 heteroatoms. The van der Waals surface area contributed by atoms with E-state index in [1.54, 1.807) is 0 Å². The minimum absolute atomic E-state index is 0.206. The molecule has 2 atom stereocenters. The van der Waals surface area contributed by atoms with Crippen LogP contribution in [0.25, 0.3) is 0 Å². The van der Waals surface area contributed by atoms with Crippen molar-refractivity contribution in [2.75, 3.05) is 13.1 Å². The van der Waals surface area contributed by atoms with E-state index in [1.807, 2.05) is 0 Å². The number of hydrogen-bond donors (Lipinski definition) is 1. The van der Waals surface area contributed by atoms with Gasteiger partial charge in [-0.25, -0.2) is 0 Å². The molecule has 0 aromatic heterocycles. The summed E-state index contributed by atoms with van der Waals surface area (Å²) in [6.07, 6.45) is -3.95. The molecule has 1 aliphatic rings. The Balaban J connectivity index is 2.56. The summed E-state index contributed by atoms with van der Waals surface area (Å²) in [6, 6.07) is -0.533. The van der Waals surface area contributed by atoms with Crippen LogP contribution in [0.2, 0.25) is 0 Å². The number of likely N-dealkylation sites (tertiary alicyclic amines) is 1. The number of carboxylic acid groups (broad SMARTS) is 1. The predicted molar refractivity (Wildman–Crippen MR) is 42.8 cm³/mol. The van der Waals surface area contributed by atoms with Crippen molar-refractivity contribution in [3.05, 3.63) is 0 Å². The Labute approximate surface area is 79.5 Å². The Bertz CT molecular complexity index is 229. The molecule has 0 aromatic carbocycles. The third-order valence-corrected chi connectivity index (χ3v) is 2.59. The van der Waals surface area contributed by atoms with Crippen molar-refractivity contribution < 1.29 is 23.1 Å². The first kappa shape index (κ1) is 11.3. The Morgan fingerprint density at radius 2 is 2.14 bits per heavy atom. The molecule has 0 bridgehead atoms. The van der Waals surface area contributed by atoms with Crippen LogP contribution in [-0.2, 0) is 4.79 Å². The van der Waals surface area contributed by atoms with Crippen LogP contribution in [0.15, 0.2) is 0 Å². The summed E-state index contributed by atoms with van der Waals surface area (Å²) < 4.78 is 36.1. The summed E-state index contributed by atoms with van der Waals surface area (Å²) >= 11 is 0. The smallest absolute Gasteiger partial charge is 0.401 e. The zero-order valence-electron chi connectivity index (χ0n) is 7.71. The molecule has 2 unspecified atom stereocenters. The maximum absolute atomic E-state index is 12.0. The number of aliphatic carboxylic acids is 1. The second-order valence-electron chi connectivity index (χ2n) is 3.56.